The maximum Gasteiger partial charge on any atom is 0.135 e. The van der Waals surface area contributed by atoms with Crippen LogP contribution in [0.2, 0.25) is 5.02 Å². The Morgan fingerprint density at radius 3 is 2.40 bits per heavy atom. The Kier molecular flexibility index (Phi) is 3.14. The summed E-state index contributed by atoms with van der Waals surface area (Å²) < 4.78 is 27.7. The number of aromatic nitrogens is 1. The van der Waals surface area contributed by atoms with Gasteiger partial charge < -0.3 is 0 Å². The SMILES string of the molecule is Cc1cc(-c2c(F)cccc2F)nc2ccc(Cl)cc12. The van der Waals surface area contributed by atoms with Gasteiger partial charge in [-0.05, 0) is 48.9 Å². The fraction of sp³-hybridized carbons (Fsp3) is 0.0625. The van der Waals surface area contributed by atoms with Gasteiger partial charge in [-0.3, -0.25) is 0 Å². The average Bonchev–Trinajstić information content (AvgIpc) is 2.39. The Morgan fingerprint density at radius 2 is 1.70 bits per heavy atom. The summed E-state index contributed by atoms with van der Waals surface area (Å²) in [7, 11) is 0. The van der Waals surface area contributed by atoms with Gasteiger partial charge in [-0.1, -0.05) is 17.7 Å². The van der Waals surface area contributed by atoms with E-state index in [2.05, 4.69) is 4.98 Å². The molecule has 2 aromatic carbocycles. The zero-order chi connectivity index (χ0) is 14.3. The van der Waals surface area contributed by atoms with Crippen molar-refractivity contribution in [2.45, 2.75) is 6.92 Å². The van der Waals surface area contributed by atoms with Gasteiger partial charge >= 0.3 is 0 Å². The minimum atomic E-state index is -0.620. The van der Waals surface area contributed by atoms with Crippen LogP contribution in [-0.4, -0.2) is 4.98 Å². The summed E-state index contributed by atoms with van der Waals surface area (Å²) in [5.74, 6) is -1.24. The summed E-state index contributed by atoms with van der Waals surface area (Å²) in [5, 5.41) is 1.48. The molecule has 0 amide bonds. The molecule has 3 aromatic rings. The van der Waals surface area contributed by atoms with E-state index in [1.807, 2.05) is 6.92 Å². The van der Waals surface area contributed by atoms with Crippen LogP contribution in [0.25, 0.3) is 22.2 Å². The second-order valence-corrected chi connectivity index (χ2v) is 5.02. The van der Waals surface area contributed by atoms with Crippen LogP contribution in [0.1, 0.15) is 5.56 Å². The molecule has 20 heavy (non-hydrogen) atoms. The highest BCUT2D eigenvalue weighted by atomic mass is 35.5. The van der Waals surface area contributed by atoms with Crippen molar-refractivity contribution >= 4 is 22.5 Å². The van der Waals surface area contributed by atoms with Gasteiger partial charge in [0.1, 0.15) is 11.6 Å². The highest BCUT2D eigenvalue weighted by Crippen LogP contribution is 2.29. The Bertz CT molecular complexity index is 795. The lowest BCUT2D eigenvalue weighted by molar-refractivity contribution is 0.589. The zero-order valence-electron chi connectivity index (χ0n) is 10.6. The third-order valence-electron chi connectivity index (χ3n) is 3.20. The first-order chi connectivity index (χ1) is 9.56. The molecule has 0 aliphatic carbocycles. The van der Waals surface area contributed by atoms with Crippen LogP contribution >= 0.6 is 11.6 Å². The summed E-state index contributed by atoms with van der Waals surface area (Å²) in [5.41, 5.74) is 1.71. The predicted octanol–water partition coefficient (Wildman–Crippen LogP) is 5.14. The van der Waals surface area contributed by atoms with E-state index in [9.17, 15) is 8.78 Å². The van der Waals surface area contributed by atoms with Gasteiger partial charge in [0.2, 0.25) is 0 Å². The second kappa shape index (κ2) is 4.84. The summed E-state index contributed by atoms with van der Waals surface area (Å²) in [6.45, 7) is 1.86. The predicted molar refractivity (Wildman–Crippen MR) is 76.8 cm³/mol. The van der Waals surface area contributed by atoms with Crippen molar-refractivity contribution in [1.29, 1.82) is 0 Å². The number of hydrogen-bond acceptors (Lipinski definition) is 1. The molecule has 0 saturated carbocycles. The van der Waals surface area contributed by atoms with E-state index in [0.29, 0.717) is 10.5 Å². The zero-order valence-corrected chi connectivity index (χ0v) is 11.4. The third-order valence-corrected chi connectivity index (χ3v) is 3.43. The molecular weight excluding hydrogens is 280 g/mol. The van der Waals surface area contributed by atoms with Crippen molar-refractivity contribution < 1.29 is 8.78 Å². The van der Waals surface area contributed by atoms with E-state index in [-0.39, 0.29) is 11.3 Å². The first-order valence-electron chi connectivity index (χ1n) is 6.07. The number of rotatable bonds is 1. The topological polar surface area (TPSA) is 12.9 Å². The number of aryl methyl sites for hydroxylation is 1. The Labute approximate surface area is 119 Å². The molecule has 3 rings (SSSR count). The van der Waals surface area contributed by atoms with Crippen molar-refractivity contribution in [2.24, 2.45) is 0 Å². The molecule has 100 valence electrons. The van der Waals surface area contributed by atoms with E-state index < -0.39 is 11.6 Å². The smallest absolute Gasteiger partial charge is 0.135 e. The molecule has 1 nitrogen and oxygen atoms in total. The number of pyridine rings is 1. The Balaban J connectivity index is 2.31. The maximum absolute atomic E-state index is 13.8. The second-order valence-electron chi connectivity index (χ2n) is 4.58. The molecule has 0 fully saturated rings. The highest BCUT2D eigenvalue weighted by molar-refractivity contribution is 6.31. The minimum absolute atomic E-state index is 0.104. The van der Waals surface area contributed by atoms with Crippen LogP contribution in [-0.2, 0) is 0 Å². The fourth-order valence-corrected chi connectivity index (χ4v) is 2.41. The molecule has 1 heterocycles. The van der Waals surface area contributed by atoms with Crippen LogP contribution in [0, 0.1) is 18.6 Å². The van der Waals surface area contributed by atoms with Gasteiger partial charge in [0.25, 0.3) is 0 Å². The molecule has 4 heteroatoms. The van der Waals surface area contributed by atoms with E-state index in [0.717, 1.165) is 10.9 Å². The van der Waals surface area contributed by atoms with Crippen molar-refractivity contribution in [3.63, 3.8) is 0 Å². The molecule has 0 aliphatic rings. The summed E-state index contributed by atoms with van der Waals surface area (Å²) in [4.78, 5) is 4.33. The van der Waals surface area contributed by atoms with Gasteiger partial charge in [-0.2, -0.15) is 0 Å². The number of halogens is 3. The van der Waals surface area contributed by atoms with Crippen LogP contribution in [0.5, 0.6) is 0 Å². The molecule has 0 N–H and O–H groups in total. The highest BCUT2D eigenvalue weighted by Gasteiger charge is 2.14. The fourth-order valence-electron chi connectivity index (χ4n) is 2.24. The van der Waals surface area contributed by atoms with Crippen LogP contribution in [0.3, 0.4) is 0 Å². The van der Waals surface area contributed by atoms with Gasteiger partial charge in [-0.25, -0.2) is 13.8 Å². The summed E-state index contributed by atoms with van der Waals surface area (Å²) in [6.07, 6.45) is 0. The van der Waals surface area contributed by atoms with E-state index in [1.54, 1.807) is 24.3 Å². The average molecular weight is 290 g/mol. The van der Waals surface area contributed by atoms with E-state index in [4.69, 9.17) is 11.6 Å². The lowest BCUT2D eigenvalue weighted by atomic mass is 10.0. The number of nitrogens with zero attached hydrogens (tertiary/aromatic N) is 1. The largest absolute Gasteiger partial charge is 0.248 e. The van der Waals surface area contributed by atoms with Crippen molar-refractivity contribution in [1.82, 2.24) is 4.98 Å². The standard InChI is InChI=1S/C16H10ClF2N/c1-9-7-15(16-12(18)3-2-4-13(16)19)20-14-6-5-10(17)8-11(9)14/h2-8H,1H3. The van der Waals surface area contributed by atoms with Crippen LogP contribution in [0.15, 0.2) is 42.5 Å². The van der Waals surface area contributed by atoms with Crippen molar-refractivity contribution in [3.8, 4) is 11.3 Å². The van der Waals surface area contributed by atoms with Gasteiger partial charge in [0.05, 0.1) is 16.8 Å². The van der Waals surface area contributed by atoms with Crippen molar-refractivity contribution in [2.75, 3.05) is 0 Å². The number of benzene rings is 2. The normalized spacial score (nSPS) is 11.0. The van der Waals surface area contributed by atoms with Crippen LogP contribution < -0.4 is 0 Å². The van der Waals surface area contributed by atoms with Gasteiger partial charge in [0, 0.05) is 10.4 Å². The summed E-state index contributed by atoms with van der Waals surface area (Å²) >= 11 is 5.95. The first-order valence-corrected chi connectivity index (χ1v) is 6.45. The van der Waals surface area contributed by atoms with Gasteiger partial charge in [-0.15, -0.1) is 0 Å². The Hall–Kier alpha value is -2.00. The molecule has 0 radical (unpaired) electrons. The third kappa shape index (κ3) is 2.14. The number of fused-ring (bicyclic) bond motifs is 1. The molecule has 1 aromatic heterocycles. The van der Waals surface area contributed by atoms with Crippen molar-refractivity contribution in [3.05, 3.63) is 64.7 Å². The van der Waals surface area contributed by atoms with E-state index in [1.165, 1.54) is 18.2 Å². The Morgan fingerprint density at radius 1 is 1.00 bits per heavy atom. The molecular formula is C16H10ClF2N. The van der Waals surface area contributed by atoms with Gasteiger partial charge in [0.15, 0.2) is 0 Å². The molecule has 0 saturated heterocycles. The van der Waals surface area contributed by atoms with Crippen LogP contribution in [0.4, 0.5) is 8.78 Å². The lowest BCUT2D eigenvalue weighted by Crippen LogP contribution is -1.94. The monoisotopic (exact) mass is 289 g/mol. The lowest BCUT2D eigenvalue weighted by Gasteiger charge is -2.08. The first kappa shape index (κ1) is 13.0. The molecule has 0 unspecified atom stereocenters. The molecule has 0 spiro atoms. The maximum atomic E-state index is 13.8. The quantitative estimate of drug-likeness (QED) is 0.604. The summed E-state index contributed by atoms with van der Waals surface area (Å²) in [6, 6.07) is 10.7. The number of hydrogen-bond donors (Lipinski definition) is 0. The van der Waals surface area contributed by atoms with E-state index >= 15 is 0 Å². The molecule has 0 bridgehead atoms. The molecule has 0 aliphatic heterocycles. The molecule has 0 atom stereocenters. The minimum Gasteiger partial charge on any atom is -0.248 e.